The summed E-state index contributed by atoms with van der Waals surface area (Å²) >= 11 is 0. The van der Waals surface area contributed by atoms with E-state index >= 15 is 0 Å². The van der Waals surface area contributed by atoms with Crippen LogP contribution in [0.15, 0.2) is 106 Å². The average molecular weight is 565 g/mol. The first kappa shape index (κ1) is 27.8. The van der Waals surface area contributed by atoms with Gasteiger partial charge < -0.3 is 15.2 Å². The number of hydrogen-bond donors (Lipinski definition) is 2. The van der Waals surface area contributed by atoms with Gasteiger partial charge in [-0.2, -0.15) is 0 Å². The largest absolute Gasteiger partial charge is 0.511 e. The Bertz CT molecular complexity index is 1730. The maximum Gasteiger partial charge on any atom is 0.305 e. The molecule has 0 aromatic rings. The molecule has 1 fully saturated rings. The van der Waals surface area contributed by atoms with Gasteiger partial charge in [0.15, 0.2) is 5.78 Å². The van der Waals surface area contributed by atoms with Gasteiger partial charge in [-0.3, -0.25) is 9.59 Å². The van der Waals surface area contributed by atoms with Crippen LogP contribution in [0.25, 0.3) is 0 Å². The molecule has 0 aromatic carbocycles. The molecule has 0 saturated carbocycles. The quantitative estimate of drug-likeness (QED) is 0.386. The van der Waals surface area contributed by atoms with Crippen molar-refractivity contribution in [1.29, 1.82) is 0 Å². The molecule has 0 spiro atoms. The fourth-order valence-electron chi connectivity index (χ4n) is 6.92. The predicted octanol–water partition coefficient (Wildman–Crippen LogP) is 6.20. The molecule has 0 radical (unpaired) electrons. The van der Waals surface area contributed by atoms with Crippen molar-refractivity contribution in [3.8, 4) is 0 Å². The van der Waals surface area contributed by atoms with E-state index in [4.69, 9.17) is 19.7 Å². The minimum Gasteiger partial charge on any atom is -0.511 e. The van der Waals surface area contributed by atoms with Crippen LogP contribution in [0.5, 0.6) is 0 Å². The number of Topliss-reactive ketones (excluding diaryl/α,β-unsaturated/α-hetero) is 1. The zero-order valence-corrected chi connectivity index (χ0v) is 25.2. The first-order valence-electron chi connectivity index (χ1n) is 14.6. The maximum absolute atomic E-state index is 12.9. The molecule has 5 heterocycles. The van der Waals surface area contributed by atoms with Gasteiger partial charge in [0.25, 0.3) is 0 Å². The number of ether oxygens (including phenoxy) is 1. The molecule has 6 rings (SSSR count). The molecule has 0 amide bonds. The van der Waals surface area contributed by atoms with Gasteiger partial charge in [0.05, 0.1) is 41.3 Å². The van der Waals surface area contributed by atoms with Crippen LogP contribution in [0.3, 0.4) is 0 Å². The number of methoxy groups -OCH3 is 1. The molecule has 5 aliphatic heterocycles. The van der Waals surface area contributed by atoms with Crippen molar-refractivity contribution in [1.82, 2.24) is 5.32 Å². The van der Waals surface area contributed by atoms with Gasteiger partial charge in [-0.1, -0.05) is 13.8 Å². The Balaban J connectivity index is 1.61. The lowest BCUT2D eigenvalue weighted by Gasteiger charge is -2.17. The van der Waals surface area contributed by atoms with E-state index in [0.717, 1.165) is 79.8 Å². The fraction of sp³-hybridized carbons (Fsp3) is 0.382. The van der Waals surface area contributed by atoms with Crippen LogP contribution in [-0.4, -0.2) is 41.1 Å². The molecule has 6 aliphatic rings. The van der Waals surface area contributed by atoms with Crippen LogP contribution >= 0.6 is 0 Å². The number of carbonyl (C=O) groups excluding carboxylic acids is 2. The van der Waals surface area contributed by atoms with Gasteiger partial charge in [-0.25, -0.2) is 15.0 Å². The van der Waals surface area contributed by atoms with Crippen LogP contribution in [0.1, 0.15) is 67.2 Å². The monoisotopic (exact) mass is 564 g/mol. The zero-order valence-electron chi connectivity index (χ0n) is 25.2. The van der Waals surface area contributed by atoms with E-state index in [2.05, 4.69) is 26.1 Å². The second-order valence-corrected chi connectivity index (χ2v) is 11.7. The second kappa shape index (κ2) is 10.2. The topological polar surface area (TPSA) is 113 Å². The third-order valence-corrected chi connectivity index (χ3v) is 9.29. The van der Waals surface area contributed by atoms with E-state index in [1.54, 1.807) is 6.92 Å². The lowest BCUT2D eigenvalue weighted by atomic mass is 9.86. The molecule has 8 heteroatoms. The number of esters is 1. The highest BCUT2D eigenvalue weighted by molar-refractivity contribution is 6.22. The minimum absolute atomic E-state index is 0.0222. The van der Waals surface area contributed by atoms with Gasteiger partial charge in [0.2, 0.25) is 0 Å². The maximum atomic E-state index is 12.9. The normalized spacial score (nSPS) is 24.6. The third-order valence-electron chi connectivity index (χ3n) is 9.29. The first-order valence-corrected chi connectivity index (χ1v) is 14.6. The van der Waals surface area contributed by atoms with Crippen molar-refractivity contribution in [3.05, 3.63) is 91.5 Å². The molecule has 8 bridgehead atoms. The number of carbonyl (C=O) groups is 2. The zero-order chi connectivity index (χ0) is 30.0. The average Bonchev–Trinajstić information content (AvgIpc) is 3.70. The van der Waals surface area contributed by atoms with Crippen molar-refractivity contribution in [2.45, 2.75) is 67.2 Å². The van der Waals surface area contributed by atoms with Gasteiger partial charge in [-0.15, -0.1) is 0 Å². The summed E-state index contributed by atoms with van der Waals surface area (Å²) in [6.45, 7) is 11.8. The number of aliphatic imine (C=N–C) groups is 3. The number of nitrogens with one attached hydrogen (secondary N) is 1. The van der Waals surface area contributed by atoms with Crippen LogP contribution in [0.4, 0.5) is 0 Å². The van der Waals surface area contributed by atoms with Crippen molar-refractivity contribution in [2.75, 3.05) is 7.11 Å². The van der Waals surface area contributed by atoms with Crippen LogP contribution in [-0.2, 0) is 14.3 Å². The molecular weight excluding hydrogens is 528 g/mol. The standard InChI is InChI=1S/C34H36N4O4/c1-8-20-15(2)23-14-28-31(19(6)39)17(4)25(36-28)12-24-16(3)21(9-10-30(41)42-7)33(37-24)22-11-29(40)32-18(5)26(38-34(22)32)13-27(20)35-23/h12-14,16,21,37,40H,8-11H2,1-7H3/t16-,21-/m0/s1. The van der Waals surface area contributed by atoms with E-state index in [0.29, 0.717) is 29.9 Å². The highest BCUT2D eigenvalue weighted by atomic mass is 16.5. The SMILES string of the molecule is CCC1=C(C)C2=NC1=CC1=C(C)C3=C(O)CC(=C4NC(=CC5=NC(=C2)C(C(C)=O)=C5C)[C@@H](C)[C@@H]4CCC(=O)OC)C3=N1. The molecular formula is C34H36N4O4. The van der Waals surface area contributed by atoms with Crippen LogP contribution in [0, 0.1) is 11.8 Å². The lowest BCUT2D eigenvalue weighted by Crippen LogP contribution is -2.16. The van der Waals surface area contributed by atoms with Crippen molar-refractivity contribution < 1.29 is 19.4 Å². The summed E-state index contributed by atoms with van der Waals surface area (Å²) in [6.07, 6.45) is 7.96. The number of allylic oxidation sites excluding steroid dienone is 12. The Labute approximate surface area is 246 Å². The minimum atomic E-state index is -0.258. The number of hydrogen-bond acceptors (Lipinski definition) is 8. The van der Waals surface area contributed by atoms with E-state index in [1.165, 1.54) is 7.11 Å². The van der Waals surface area contributed by atoms with E-state index in [1.807, 2.05) is 32.1 Å². The van der Waals surface area contributed by atoms with Crippen LogP contribution in [0.2, 0.25) is 0 Å². The summed E-state index contributed by atoms with van der Waals surface area (Å²) in [6, 6.07) is 0. The number of nitrogens with zero attached hydrogens (tertiary/aromatic N) is 3. The Hall–Kier alpha value is -4.33. The number of ketones is 1. The summed E-state index contributed by atoms with van der Waals surface area (Å²) < 4.78 is 4.96. The van der Waals surface area contributed by atoms with E-state index in [-0.39, 0.29) is 30.0 Å². The summed E-state index contributed by atoms with van der Waals surface area (Å²) in [4.78, 5) is 40.1. The van der Waals surface area contributed by atoms with Gasteiger partial charge in [0.1, 0.15) is 5.76 Å². The summed E-state index contributed by atoms with van der Waals surface area (Å²) in [5.41, 5.74) is 12.7. The van der Waals surface area contributed by atoms with Gasteiger partial charge in [-0.05, 0) is 81.1 Å². The summed E-state index contributed by atoms with van der Waals surface area (Å²) in [5.74, 6) is 0.00792. The van der Waals surface area contributed by atoms with E-state index in [9.17, 15) is 14.7 Å². The number of rotatable bonds is 5. The molecule has 0 unspecified atom stereocenters. The summed E-state index contributed by atoms with van der Waals surface area (Å²) in [7, 11) is 1.40. The Morgan fingerprint density at radius 2 is 1.74 bits per heavy atom. The number of aliphatic hydroxyl groups is 1. The van der Waals surface area contributed by atoms with Crippen molar-refractivity contribution in [2.24, 2.45) is 26.8 Å². The molecule has 1 saturated heterocycles. The van der Waals surface area contributed by atoms with Gasteiger partial charge in [0, 0.05) is 52.8 Å². The third kappa shape index (κ3) is 4.23. The highest BCUT2D eigenvalue weighted by Gasteiger charge is 2.41. The molecule has 42 heavy (non-hydrogen) atoms. The number of aliphatic hydroxyl groups excluding tert-OH is 1. The Morgan fingerprint density at radius 1 is 1.02 bits per heavy atom. The molecule has 216 valence electrons. The Kier molecular flexibility index (Phi) is 6.75. The molecule has 0 aromatic heterocycles. The predicted molar refractivity (Wildman–Crippen MR) is 164 cm³/mol. The van der Waals surface area contributed by atoms with Crippen LogP contribution < -0.4 is 5.32 Å². The smallest absolute Gasteiger partial charge is 0.305 e. The fourth-order valence-corrected chi connectivity index (χ4v) is 6.92. The van der Waals surface area contributed by atoms with Crippen molar-refractivity contribution in [3.63, 3.8) is 0 Å². The second-order valence-electron chi connectivity index (χ2n) is 11.7. The first-order chi connectivity index (χ1) is 20.0. The van der Waals surface area contributed by atoms with Crippen molar-refractivity contribution >= 4 is 28.9 Å². The molecule has 2 N–H and O–H groups in total. The van der Waals surface area contributed by atoms with E-state index < -0.39 is 0 Å². The lowest BCUT2D eigenvalue weighted by molar-refractivity contribution is -0.140. The summed E-state index contributed by atoms with van der Waals surface area (Å²) in [5, 5.41) is 14.8. The molecule has 2 atom stereocenters. The Morgan fingerprint density at radius 3 is 2.43 bits per heavy atom. The van der Waals surface area contributed by atoms with Gasteiger partial charge >= 0.3 is 5.97 Å². The molecule has 8 nitrogen and oxygen atoms in total. The number of fused-ring (bicyclic) bond motifs is 5. The molecule has 1 aliphatic carbocycles. The highest BCUT2D eigenvalue weighted by Crippen LogP contribution is 2.46.